The number of nitrogens with one attached hydrogen (secondary N) is 2. The van der Waals surface area contributed by atoms with E-state index in [1.807, 2.05) is 6.92 Å². The zero-order valence-electron chi connectivity index (χ0n) is 8.92. The second kappa shape index (κ2) is 7.32. The fraction of sp³-hybridized carbons (Fsp3) is 0.778. The summed E-state index contributed by atoms with van der Waals surface area (Å²) in [7, 11) is 0. The van der Waals surface area contributed by atoms with Gasteiger partial charge in [0.15, 0.2) is 0 Å². The van der Waals surface area contributed by atoms with Crippen LogP contribution in [0, 0.1) is 0 Å². The van der Waals surface area contributed by atoms with Gasteiger partial charge >= 0.3 is 5.97 Å². The predicted octanol–water partition coefficient (Wildman–Crippen LogP) is -0.336. The second-order valence-corrected chi connectivity index (χ2v) is 2.82. The highest BCUT2D eigenvalue weighted by molar-refractivity contribution is 5.85. The van der Waals surface area contributed by atoms with Crippen LogP contribution in [0.25, 0.3) is 0 Å². The van der Waals surface area contributed by atoms with Gasteiger partial charge in [-0.25, -0.2) is 4.79 Å². The first-order valence-corrected chi connectivity index (χ1v) is 4.78. The molecule has 2 N–H and O–H groups in total. The van der Waals surface area contributed by atoms with Gasteiger partial charge in [0.25, 0.3) is 0 Å². The average molecular weight is 202 g/mol. The first-order chi connectivity index (χ1) is 6.61. The van der Waals surface area contributed by atoms with Crippen LogP contribution < -0.4 is 10.6 Å². The van der Waals surface area contributed by atoms with Gasteiger partial charge in [-0.3, -0.25) is 4.79 Å². The first kappa shape index (κ1) is 12.9. The summed E-state index contributed by atoms with van der Waals surface area (Å²) in [6.45, 7) is 6.50. The maximum Gasteiger partial charge on any atom is 0.328 e. The Morgan fingerprint density at radius 2 is 2.00 bits per heavy atom. The van der Waals surface area contributed by atoms with Crippen molar-refractivity contribution in [2.24, 2.45) is 0 Å². The van der Waals surface area contributed by atoms with Crippen molar-refractivity contribution in [2.75, 3.05) is 19.7 Å². The van der Waals surface area contributed by atoms with Crippen LogP contribution >= 0.6 is 0 Å². The van der Waals surface area contributed by atoms with Gasteiger partial charge in [-0.05, 0) is 20.4 Å². The van der Waals surface area contributed by atoms with Crippen LogP contribution in [0.4, 0.5) is 0 Å². The summed E-state index contributed by atoms with van der Waals surface area (Å²) in [6, 6.07) is -0.582. The zero-order valence-corrected chi connectivity index (χ0v) is 8.92. The summed E-state index contributed by atoms with van der Waals surface area (Å²) in [5, 5.41) is 5.38. The first-order valence-electron chi connectivity index (χ1n) is 4.78. The quantitative estimate of drug-likeness (QED) is 0.578. The maximum absolute atomic E-state index is 11.1. The molecule has 1 amide bonds. The molecule has 0 aromatic rings. The van der Waals surface area contributed by atoms with E-state index in [1.165, 1.54) is 0 Å². The standard InChI is InChI=1S/C9H18N2O3/c1-4-10-6-8(12)11-7(3)9(13)14-5-2/h7,10H,4-6H2,1-3H3,(H,11,12). The molecule has 0 aliphatic rings. The molecule has 0 aliphatic carbocycles. The summed E-state index contributed by atoms with van der Waals surface area (Å²) in [6.07, 6.45) is 0. The molecule has 0 fully saturated rings. The lowest BCUT2D eigenvalue weighted by Crippen LogP contribution is -2.43. The Morgan fingerprint density at radius 1 is 1.36 bits per heavy atom. The summed E-state index contributed by atoms with van der Waals surface area (Å²) in [4.78, 5) is 22.2. The van der Waals surface area contributed by atoms with Crippen molar-refractivity contribution in [3.8, 4) is 0 Å². The number of carbonyl (C=O) groups is 2. The van der Waals surface area contributed by atoms with Crippen LogP contribution in [-0.4, -0.2) is 37.6 Å². The molecular formula is C9H18N2O3. The molecule has 5 nitrogen and oxygen atoms in total. The number of hydrogen-bond donors (Lipinski definition) is 2. The van der Waals surface area contributed by atoms with Gasteiger partial charge in [0.05, 0.1) is 13.2 Å². The zero-order chi connectivity index (χ0) is 11.0. The number of esters is 1. The van der Waals surface area contributed by atoms with Crippen LogP contribution in [-0.2, 0) is 14.3 Å². The Bertz CT molecular complexity index is 194. The third-order valence-electron chi connectivity index (χ3n) is 1.55. The van der Waals surface area contributed by atoms with E-state index in [0.29, 0.717) is 6.61 Å². The SMILES string of the molecule is CCNCC(=O)NC(C)C(=O)OCC. The fourth-order valence-electron chi connectivity index (χ4n) is 0.857. The van der Waals surface area contributed by atoms with E-state index in [1.54, 1.807) is 13.8 Å². The highest BCUT2D eigenvalue weighted by Crippen LogP contribution is 1.87. The van der Waals surface area contributed by atoms with Crippen molar-refractivity contribution >= 4 is 11.9 Å². The number of rotatable bonds is 6. The van der Waals surface area contributed by atoms with Crippen LogP contribution in [0.1, 0.15) is 20.8 Å². The second-order valence-electron chi connectivity index (χ2n) is 2.82. The van der Waals surface area contributed by atoms with E-state index in [0.717, 1.165) is 6.54 Å². The molecule has 0 bridgehead atoms. The molecule has 0 rings (SSSR count). The molecule has 0 heterocycles. The molecule has 0 aromatic carbocycles. The van der Waals surface area contributed by atoms with Gasteiger partial charge in [0, 0.05) is 0 Å². The molecule has 0 aromatic heterocycles. The minimum atomic E-state index is -0.582. The molecule has 14 heavy (non-hydrogen) atoms. The van der Waals surface area contributed by atoms with Crippen LogP contribution in [0.2, 0.25) is 0 Å². The Kier molecular flexibility index (Phi) is 6.74. The van der Waals surface area contributed by atoms with Gasteiger partial charge < -0.3 is 15.4 Å². The van der Waals surface area contributed by atoms with E-state index < -0.39 is 12.0 Å². The van der Waals surface area contributed by atoms with Gasteiger partial charge in [-0.2, -0.15) is 0 Å². The largest absolute Gasteiger partial charge is 0.464 e. The highest BCUT2D eigenvalue weighted by Gasteiger charge is 2.15. The lowest BCUT2D eigenvalue weighted by atomic mass is 10.3. The van der Waals surface area contributed by atoms with Crippen molar-refractivity contribution in [2.45, 2.75) is 26.8 Å². The van der Waals surface area contributed by atoms with E-state index in [4.69, 9.17) is 4.74 Å². The van der Waals surface area contributed by atoms with Crippen molar-refractivity contribution < 1.29 is 14.3 Å². The average Bonchev–Trinajstić information content (AvgIpc) is 2.15. The maximum atomic E-state index is 11.1. The van der Waals surface area contributed by atoms with Crippen molar-refractivity contribution in [1.29, 1.82) is 0 Å². The van der Waals surface area contributed by atoms with Crippen molar-refractivity contribution in [3.63, 3.8) is 0 Å². The van der Waals surface area contributed by atoms with Crippen molar-refractivity contribution in [1.82, 2.24) is 10.6 Å². The highest BCUT2D eigenvalue weighted by atomic mass is 16.5. The smallest absolute Gasteiger partial charge is 0.328 e. The molecule has 0 spiro atoms. The molecule has 0 aliphatic heterocycles. The van der Waals surface area contributed by atoms with E-state index in [-0.39, 0.29) is 12.5 Å². The number of ether oxygens (including phenoxy) is 1. The number of amides is 1. The van der Waals surface area contributed by atoms with Crippen LogP contribution in [0.3, 0.4) is 0 Å². The number of carbonyl (C=O) groups excluding carboxylic acids is 2. The Labute approximate surface area is 84.2 Å². The molecule has 0 saturated heterocycles. The predicted molar refractivity (Wildman–Crippen MR) is 52.8 cm³/mol. The van der Waals surface area contributed by atoms with Gasteiger partial charge in [0.2, 0.25) is 5.91 Å². The van der Waals surface area contributed by atoms with E-state index >= 15 is 0 Å². The number of likely N-dealkylation sites (N-methyl/N-ethyl adjacent to an activating group) is 1. The normalized spacial score (nSPS) is 11.9. The minimum Gasteiger partial charge on any atom is -0.464 e. The van der Waals surface area contributed by atoms with Gasteiger partial charge in [-0.1, -0.05) is 6.92 Å². The van der Waals surface area contributed by atoms with E-state index in [2.05, 4.69) is 10.6 Å². The Hall–Kier alpha value is -1.10. The summed E-state index contributed by atoms with van der Waals surface area (Å²) >= 11 is 0. The lowest BCUT2D eigenvalue weighted by Gasteiger charge is -2.12. The van der Waals surface area contributed by atoms with Crippen LogP contribution in [0.5, 0.6) is 0 Å². The summed E-state index contributed by atoms with van der Waals surface area (Å²) in [5.74, 6) is -0.607. The number of hydrogen-bond acceptors (Lipinski definition) is 4. The fourth-order valence-corrected chi connectivity index (χ4v) is 0.857. The Balaban J connectivity index is 3.75. The van der Waals surface area contributed by atoms with E-state index in [9.17, 15) is 9.59 Å². The third kappa shape index (κ3) is 5.53. The molecule has 0 saturated carbocycles. The van der Waals surface area contributed by atoms with Crippen molar-refractivity contribution in [3.05, 3.63) is 0 Å². The van der Waals surface area contributed by atoms with Gasteiger partial charge in [-0.15, -0.1) is 0 Å². The molecule has 0 radical (unpaired) electrons. The third-order valence-corrected chi connectivity index (χ3v) is 1.55. The van der Waals surface area contributed by atoms with Crippen LogP contribution in [0.15, 0.2) is 0 Å². The summed E-state index contributed by atoms with van der Waals surface area (Å²) in [5.41, 5.74) is 0. The van der Waals surface area contributed by atoms with Gasteiger partial charge in [0.1, 0.15) is 6.04 Å². The monoisotopic (exact) mass is 202 g/mol. The molecule has 82 valence electrons. The summed E-state index contributed by atoms with van der Waals surface area (Å²) < 4.78 is 4.73. The Morgan fingerprint density at radius 3 is 2.50 bits per heavy atom. The lowest BCUT2D eigenvalue weighted by molar-refractivity contribution is -0.146. The molecular weight excluding hydrogens is 184 g/mol. The minimum absolute atomic E-state index is 0.201. The topological polar surface area (TPSA) is 67.4 Å². The molecule has 1 unspecified atom stereocenters. The molecule has 5 heteroatoms. The molecule has 1 atom stereocenters.